The highest BCUT2D eigenvalue weighted by Crippen LogP contribution is 2.23. The summed E-state index contributed by atoms with van der Waals surface area (Å²) in [4.78, 5) is 19.7. The van der Waals surface area contributed by atoms with Gasteiger partial charge in [0.05, 0.1) is 5.51 Å². The summed E-state index contributed by atoms with van der Waals surface area (Å²) < 4.78 is 5.57. The van der Waals surface area contributed by atoms with E-state index < -0.39 is 5.60 Å². The first-order valence-corrected chi connectivity index (χ1v) is 9.33. The fraction of sp³-hybridized carbons (Fsp3) is 0.765. The van der Waals surface area contributed by atoms with E-state index >= 15 is 0 Å². The number of hydrogen-bond donors (Lipinski definition) is 1. The predicted molar refractivity (Wildman–Crippen MR) is 93.6 cm³/mol. The van der Waals surface area contributed by atoms with Crippen molar-refractivity contribution in [2.45, 2.75) is 77.6 Å². The Labute approximate surface area is 143 Å². The Kier molecular flexibility index (Phi) is 6.41. The van der Waals surface area contributed by atoms with Crippen LogP contribution in [0.15, 0.2) is 11.7 Å². The van der Waals surface area contributed by atoms with E-state index in [0.717, 1.165) is 32.4 Å². The fourth-order valence-electron chi connectivity index (χ4n) is 2.90. The van der Waals surface area contributed by atoms with Crippen LogP contribution in [0.1, 0.15) is 58.3 Å². The Balaban J connectivity index is 1.86. The van der Waals surface area contributed by atoms with Gasteiger partial charge in [-0.3, -0.25) is 4.98 Å². The van der Waals surface area contributed by atoms with Gasteiger partial charge in [0.25, 0.3) is 0 Å². The van der Waals surface area contributed by atoms with Crippen LogP contribution in [-0.2, 0) is 11.3 Å². The van der Waals surface area contributed by atoms with Crippen molar-refractivity contribution in [3.05, 3.63) is 16.6 Å². The maximum Gasteiger partial charge on any atom is 0.410 e. The molecule has 0 radical (unpaired) electrons. The lowest BCUT2D eigenvalue weighted by Crippen LogP contribution is -2.48. The summed E-state index contributed by atoms with van der Waals surface area (Å²) in [6, 6.07) is 0.618. The van der Waals surface area contributed by atoms with Crippen LogP contribution in [-0.4, -0.2) is 40.2 Å². The molecular weight excluding hydrogens is 310 g/mol. The van der Waals surface area contributed by atoms with Gasteiger partial charge in [0, 0.05) is 36.2 Å². The standard InChI is InChI=1S/C17H29N3O2S/c1-13(19-11-15-10-18-12-23-15)9-14-7-5-6-8-20(14)16(21)22-17(2,3)4/h10,12-14,19H,5-9,11H2,1-4H3. The first-order chi connectivity index (χ1) is 10.8. The Bertz CT molecular complexity index is 485. The van der Waals surface area contributed by atoms with E-state index in [1.165, 1.54) is 11.3 Å². The SMILES string of the molecule is CC(CC1CCCCN1C(=O)OC(C)(C)C)NCc1cncs1. The number of piperidine rings is 1. The number of rotatable bonds is 5. The molecule has 0 aliphatic carbocycles. The molecule has 2 unspecified atom stereocenters. The van der Waals surface area contributed by atoms with E-state index in [4.69, 9.17) is 4.74 Å². The van der Waals surface area contributed by atoms with Gasteiger partial charge in [-0.25, -0.2) is 4.79 Å². The summed E-state index contributed by atoms with van der Waals surface area (Å²) in [6.07, 6.45) is 6.00. The molecule has 23 heavy (non-hydrogen) atoms. The molecule has 1 aromatic heterocycles. The molecule has 2 heterocycles. The van der Waals surface area contributed by atoms with Crippen LogP contribution in [0.2, 0.25) is 0 Å². The number of hydrogen-bond acceptors (Lipinski definition) is 5. The van der Waals surface area contributed by atoms with Gasteiger partial charge in [-0.15, -0.1) is 11.3 Å². The Morgan fingerprint density at radius 3 is 2.96 bits per heavy atom. The fourth-order valence-corrected chi connectivity index (χ4v) is 3.45. The molecule has 1 aliphatic heterocycles. The van der Waals surface area contributed by atoms with Gasteiger partial charge < -0.3 is 15.0 Å². The summed E-state index contributed by atoms with van der Waals surface area (Å²) in [7, 11) is 0. The van der Waals surface area contributed by atoms with Gasteiger partial charge in [0.1, 0.15) is 5.60 Å². The van der Waals surface area contributed by atoms with Gasteiger partial charge in [0.2, 0.25) is 0 Å². The number of carbonyl (C=O) groups excluding carboxylic acids is 1. The maximum absolute atomic E-state index is 12.4. The van der Waals surface area contributed by atoms with Crippen molar-refractivity contribution in [2.24, 2.45) is 0 Å². The number of nitrogens with zero attached hydrogens (tertiary/aromatic N) is 2. The molecule has 5 nitrogen and oxygen atoms in total. The molecule has 1 aromatic rings. The topological polar surface area (TPSA) is 54.5 Å². The van der Waals surface area contributed by atoms with Crippen molar-refractivity contribution in [1.29, 1.82) is 0 Å². The summed E-state index contributed by atoms with van der Waals surface area (Å²) in [6.45, 7) is 9.59. The second-order valence-electron chi connectivity index (χ2n) is 7.31. The summed E-state index contributed by atoms with van der Waals surface area (Å²) in [5, 5.41) is 3.53. The highest BCUT2D eigenvalue weighted by Gasteiger charge is 2.31. The van der Waals surface area contributed by atoms with Crippen molar-refractivity contribution in [3.63, 3.8) is 0 Å². The van der Waals surface area contributed by atoms with Crippen molar-refractivity contribution >= 4 is 17.4 Å². The first kappa shape index (κ1) is 18.2. The zero-order valence-electron chi connectivity index (χ0n) is 14.7. The molecule has 1 fully saturated rings. The van der Waals surface area contributed by atoms with Crippen molar-refractivity contribution in [1.82, 2.24) is 15.2 Å². The maximum atomic E-state index is 12.4. The minimum Gasteiger partial charge on any atom is -0.444 e. The number of carbonyl (C=O) groups is 1. The van der Waals surface area contributed by atoms with Crippen LogP contribution >= 0.6 is 11.3 Å². The van der Waals surface area contributed by atoms with Gasteiger partial charge in [-0.2, -0.15) is 0 Å². The average molecular weight is 340 g/mol. The summed E-state index contributed by atoms with van der Waals surface area (Å²) >= 11 is 1.66. The number of nitrogens with one attached hydrogen (secondary N) is 1. The molecule has 1 N–H and O–H groups in total. The van der Waals surface area contributed by atoms with Crippen molar-refractivity contribution in [2.75, 3.05) is 6.54 Å². The minimum absolute atomic E-state index is 0.170. The third kappa shape index (κ3) is 6.11. The highest BCUT2D eigenvalue weighted by molar-refractivity contribution is 7.09. The van der Waals surface area contributed by atoms with E-state index in [1.807, 2.05) is 37.4 Å². The zero-order valence-corrected chi connectivity index (χ0v) is 15.5. The molecule has 6 heteroatoms. The summed E-state index contributed by atoms with van der Waals surface area (Å²) in [5.41, 5.74) is 1.42. The largest absolute Gasteiger partial charge is 0.444 e. The lowest BCUT2D eigenvalue weighted by atomic mass is 9.96. The van der Waals surface area contributed by atoms with Crippen LogP contribution < -0.4 is 5.32 Å². The van der Waals surface area contributed by atoms with Crippen LogP contribution in [0.3, 0.4) is 0 Å². The quantitative estimate of drug-likeness (QED) is 0.886. The van der Waals surface area contributed by atoms with Gasteiger partial charge in [-0.05, 0) is 53.4 Å². The second kappa shape index (κ2) is 8.11. The second-order valence-corrected chi connectivity index (χ2v) is 8.28. The van der Waals surface area contributed by atoms with Crippen molar-refractivity contribution < 1.29 is 9.53 Å². The normalized spacial score (nSPS) is 20.3. The Morgan fingerprint density at radius 2 is 2.30 bits per heavy atom. The van der Waals surface area contributed by atoms with Crippen LogP contribution in [0.4, 0.5) is 4.79 Å². The molecule has 1 amide bonds. The monoisotopic (exact) mass is 339 g/mol. The number of amides is 1. The molecule has 0 aromatic carbocycles. The Morgan fingerprint density at radius 1 is 1.52 bits per heavy atom. The van der Waals surface area contributed by atoms with Crippen LogP contribution in [0.25, 0.3) is 0 Å². The molecule has 2 atom stereocenters. The molecular formula is C17H29N3O2S. The zero-order chi connectivity index (χ0) is 16.9. The molecule has 2 rings (SSSR count). The van der Waals surface area contributed by atoms with E-state index in [1.54, 1.807) is 11.3 Å². The molecule has 130 valence electrons. The van der Waals surface area contributed by atoms with Crippen LogP contribution in [0, 0.1) is 0 Å². The number of ether oxygens (including phenoxy) is 1. The smallest absolute Gasteiger partial charge is 0.410 e. The third-order valence-electron chi connectivity index (χ3n) is 3.99. The Hall–Kier alpha value is -1.14. The number of likely N-dealkylation sites (tertiary alicyclic amines) is 1. The number of aromatic nitrogens is 1. The number of thiazole rings is 1. The minimum atomic E-state index is -0.435. The predicted octanol–water partition coefficient (Wildman–Crippen LogP) is 3.80. The lowest BCUT2D eigenvalue weighted by molar-refractivity contribution is 0.00789. The van der Waals surface area contributed by atoms with Gasteiger partial charge in [0.15, 0.2) is 0 Å². The molecule has 0 saturated carbocycles. The highest BCUT2D eigenvalue weighted by atomic mass is 32.1. The van der Waals surface area contributed by atoms with Gasteiger partial charge in [-0.1, -0.05) is 0 Å². The molecule has 1 aliphatic rings. The van der Waals surface area contributed by atoms with Crippen LogP contribution in [0.5, 0.6) is 0 Å². The van der Waals surface area contributed by atoms with E-state index in [2.05, 4.69) is 17.2 Å². The van der Waals surface area contributed by atoms with Gasteiger partial charge >= 0.3 is 6.09 Å². The van der Waals surface area contributed by atoms with E-state index in [9.17, 15) is 4.79 Å². The summed E-state index contributed by atoms with van der Waals surface area (Å²) in [5.74, 6) is 0. The average Bonchev–Trinajstić information content (AvgIpc) is 2.97. The van der Waals surface area contributed by atoms with E-state index in [0.29, 0.717) is 6.04 Å². The first-order valence-electron chi connectivity index (χ1n) is 8.45. The molecule has 1 saturated heterocycles. The van der Waals surface area contributed by atoms with Crippen molar-refractivity contribution in [3.8, 4) is 0 Å². The molecule has 0 bridgehead atoms. The van der Waals surface area contributed by atoms with E-state index in [-0.39, 0.29) is 12.1 Å². The molecule has 0 spiro atoms. The third-order valence-corrected chi connectivity index (χ3v) is 4.77. The lowest BCUT2D eigenvalue weighted by Gasteiger charge is -2.38.